The molecule has 6 heteroatoms. The summed E-state index contributed by atoms with van der Waals surface area (Å²) in [6, 6.07) is 6.95. The normalized spacial score (nSPS) is 17.4. The van der Waals surface area contributed by atoms with Crippen molar-refractivity contribution in [2.24, 2.45) is 0 Å². The first-order valence-corrected chi connectivity index (χ1v) is 6.57. The van der Waals surface area contributed by atoms with E-state index in [1.165, 1.54) is 17.1 Å². The summed E-state index contributed by atoms with van der Waals surface area (Å²) in [5.41, 5.74) is 0.590. The van der Waals surface area contributed by atoms with Gasteiger partial charge in [0.25, 0.3) is 11.8 Å². The van der Waals surface area contributed by atoms with Crippen molar-refractivity contribution in [3.63, 3.8) is 0 Å². The summed E-state index contributed by atoms with van der Waals surface area (Å²) in [7, 11) is 0. The Balaban J connectivity index is 2.42. The van der Waals surface area contributed by atoms with Crippen molar-refractivity contribution < 1.29 is 9.59 Å². The summed E-state index contributed by atoms with van der Waals surface area (Å²) >= 11 is 11.0. The van der Waals surface area contributed by atoms with E-state index in [0.717, 1.165) is 0 Å². The SMILES string of the molecule is C=CCN1C(=O)/C(=C/c2ccccc2Cl)C(=O)NC1=S. The molecule has 1 aliphatic rings. The molecule has 4 nitrogen and oxygen atoms in total. The van der Waals surface area contributed by atoms with Gasteiger partial charge in [-0.3, -0.25) is 19.8 Å². The minimum atomic E-state index is -0.528. The van der Waals surface area contributed by atoms with Crippen molar-refractivity contribution in [2.75, 3.05) is 6.54 Å². The fraction of sp³-hybridized carbons (Fsp3) is 0.0714. The molecule has 0 aliphatic carbocycles. The minimum absolute atomic E-state index is 0.00597. The van der Waals surface area contributed by atoms with E-state index in [2.05, 4.69) is 11.9 Å². The predicted octanol–water partition coefficient (Wildman–Crippen LogP) is 2.15. The molecule has 2 rings (SSSR count). The number of rotatable bonds is 3. The number of thiocarbonyl (C=S) groups is 1. The Hall–Kier alpha value is -1.98. The summed E-state index contributed by atoms with van der Waals surface area (Å²) in [4.78, 5) is 25.4. The lowest BCUT2D eigenvalue weighted by Gasteiger charge is -2.27. The fourth-order valence-corrected chi connectivity index (χ4v) is 2.18. The van der Waals surface area contributed by atoms with Gasteiger partial charge in [-0.2, -0.15) is 0 Å². The van der Waals surface area contributed by atoms with Gasteiger partial charge in [0, 0.05) is 11.6 Å². The van der Waals surface area contributed by atoms with Crippen LogP contribution in [0.5, 0.6) is 0 Å². The standard InChI is InChI=1S/C14H11ClN2O2S/c1-2-7-17-13(19)10(12(18)16-14(17)20)8-9-5-3-4-6-11(9)15/h2-6,8H,1,7H2,(H,16,18,20)/b10-8+. The van der Waals surface area contributed by atoms with Crippen LogP contribution in [0.4, 0.5) is 0 Å². The van der Waals surface area contributed by atoms with Crippen molar-refractivity contribution in [1.82, 2.24) is 10.2 Å². The number of nitrogens with one attached hydrogen (secondary N) is 1. The molecule has 2 amide bonds. The Morgan fingerprint density at radius 1 is 1.35 bits per heavy atom. The number of halogens is 1. The summed E-state index contributed by atoms with van der Waals surface area (Å²) in [6.45, 7) is 3.79. The number of hydrogen-bond acceptors (Lipinski definition) is 3. The van der Waals surface area contributed by atoms with E-state index in [1.54, 1.807) is 24.3 Å². The lowest BCUT2D eigenvalue weighted by atomic mass is 10.1. The first-order valence-electron chi connectivity index (χ1n) is 5.79. The smallest absolute Gasteiger partial charge is 0.265 e. The van der Waals surface area contributed by atoms with E-state index in [1.807, 2.05) is 0 Å². The molecule has 1 saturated heterocycles. The Bertz CT molecular complexity index is 640. The highest BCUT2D eigenvalue weighted by Gasteiger charge is 2.32. The molecule has 1 aromatic carbocycles. The summed E-state index contributed by atoms with van der Waals surface area (Å²) in [5, 5.41) is 3.01. The predicted molar refractivity (Wildman–Crippen MR) is 82.1 cm³/mol. The van der Waals surface area contributed by atoms with Crippen LogP contribution in [0.2, 0.25) is 5.02 Å². The van der Waals surface area contributed by atoms with Gasteiger partial charge in [0.2, 0.25) is 0 Å². The maximum Gasteiger partial charge on any atom is 0.265 e. The molecule has 0 bridgehead atoms. The molecule has 102 valence electrons. The van der Waals surface area contributed by atoms with Crippen LogP contribution in [-0.2, 0) is 9.59 Å². The topological polar surface area (TPSA) is 49.4 Å². The molecule has 0 spiro atoms. The van der Waals surface area contributed by atoms with E-state index in [4.69, 9.17) is 23.8 Å². The summed E-state index contributed by atoms with van der Waals surface area (Å²) < 4.78 is 0. The Morgan fingerprint density at radius 3 is 2.70 bits per heavy atom. The van der Waals surface area contributed by atoms with Crippen LogP contribution < -0.4 is 5.32 Å². The third-order valence-electron chi connectivity index (χ3n) is 2.70. The van der Waals surface area contributed by atoms with Crippen molar-refractivity contribution in [2.45, 2.75) is 0 Å². The third kappa shape index (κ3) is 2.79. The first-order chi connectivity index (χ1) is 9.54. The number of amides is 2. The van der Waals surface area contributed by atoms with Gasteiger partial charge in [-0.05, 0) is 29.9 Å². The van der Waals surface area contributed by atoms with E-state index < -0.39 is 11.8 Å². The van der Waals surface area contributed by atoms with Crippen molar-refractivity contribution in [3.05, 3.63) is 53.1 Å². The molecule has 0 atom stereocenters. The monoisotopic (exact) mass is 306 g/mol. The molecule has 1 aromatic rings. The number of hydrogen-bond donors (Lipinski definition) is 1. The number of nitrogens with zero attached hydrogens (tertiary/aromatic N) is 1. The molecule has 0 saturated carbocycles. The van der Waals surface area contributed by atoms with Crippen LogP contribution in [0.15, 0.2) is 42.5 Å². The molecule has 0 aromatic heterocycles. The van der Waals surface area contributed by atoms with Crippen molar-refractivity contribution >= 4 is 46.8 Å². The van der Waals surface area contributed by atoms with Gasteiger partial charge in [0.05, 0.1) is 0 Å². The van der Waals surface area contributed by atoms with Gasteiger partial charge in [-0.15, -0.1) is 6.58 Å². The Morgan fingerprint density at radius 2 is 2.05 bits per heavy atom. The highest BCUT2D eigenvalue weighted by atomic mass is 35.5. The first kappa shape index (κ1) is 14.4. The molecule has 20 heavy (non-hydrogen) atoms. The molecule has 1 heterocycles. The number of carbonyl (C=O) groups is 2. The average Bonchev–Trinajstić information content (AvgIpc) is 2.41. The Labute approximate surface area is 126 Å². The second-order valence-corrected chi connectivity index (χ2v) is 4.84. The fourth-order valence-electron chi connectivity index (χ4n) is 1.74. The zero-order valence-electron chi connectivity index (χ0n) is 10.4. The number of carbonyl (C=O) groups excluding carboxylic acids is 2. The van der Waals surface area contributed by atoms with E-state index in [0.29, 0.717) is 10.6 Å². The molecular formula is C14H11ClN2O2S. The molecule has 0 unspecified atom stereocenters. The quantitative estimate of drug-likeness (QED) is 0.403. The van der Waals surface area contributed by atoms with Gasteiger partial charge in [0.15, 0.2) is 5.11 Å². The van der Waals surface area contributed by atoms with Gasteiger partial charge >= 0.3 is 0 Å². The highest BCUT2D eigenvalue weighted by molar-refractivity contribution is 7.80. The van der Waals surface area contributed by atoms with Crippen molar-refractivity contribution in [1.29, 1.82) is 0 Å². The molecule has 1 aliphatic heterocycles. The van der Waals surface area contributed by atoms with Gasteiger partial charge in [-0.1, -0.05) is 35.9 Å². The van der Waals surface area contributed by atoms with Crippen LogP contribution >= 0.6 is 23.8 Å². The average molecular weight is 307 g/mol. The third-order valence-corrected chi connectivity index (χ3v) is 3.37. The lowest BCUT2D eigenvalue weighted by Crippen LogP contribution is -2.53. The van der Waals surface area contributed by atoms with E-state index in [-0.39, 0.29) is 17.2 Å². The zero-order chi connectivity index (χ0) is 14.7. The van der Waals surface area contributed by atoms with Gasteiger partial charge in [0.1, 0.15) is 5.57 Å². The largest absolute Gasteiger partial charge is 0.298 e. The van der Waals surface area contributed by atoms with Gasteiger partial charge in [-0.25, -0.2) is 0 Å². The summed E-state index contributed by atoms with van der Waals surface area (Å²) in [6.07, 6.45) is 2.99. The zero-order valence-corrected chi connectivity index (χ0v) is 12.0. The second kappa shape index (κ2) is 5.98. The molecule has 0 radical (unpaired) electrons. The highest BCUT2D eigenvalue weighted by Crippen LogP contribution is 2.20. The lowest BCUT2D eigenvalue weighted by molar-refractivity contribution is -0.128. The van der Waals surface area contributed by atoms with Crippen LogP contribution in [0.1, 0.15) is 5.56 Å². The molecule has 1 N–H and O–H groups in total. The van der Waals surface area contributed by atoms with E-state index in [9.17, 15) is 9.59 Å². The van der Waals surface area contributed by atoms with Gasteiger partial charge < -0.3 is 0 Å². The maximum atomic E-state index is 12.3. The maximum absolute atomic E-state index is 12.3. The molecular weight excluding hydrogens is 296 g/mol. The Kier molecular flexibility index (Phi) is 4.32. The molecule has 1 fully saturated rings. The second-order valence-electron chi connectivity index (χ2n) is 4.04. The van der Waals surface area contributed by atoms with E-state index >= 15 is 0 Å². The summed E-state index contributed by atoms with van der Waals surface area (Å²) in [5.74, 6) is -0.987. The van der Waals surface area contributed by atoms with Crippen molar-refractivity contribution in [3.8, 4) is 0 Å². The van der Waals surface area contributed by atoms with Crippen LogP contribution in [0, 0.1) is 0 Å². The minimum Gasteiger partial charge on any atom is -0.298 e. The number of benzene rings is 1. The van der Waals surface area contributed by atoms with Crippen LogP contribution in [0.3, 0.4) is 0 Å². The van der Waals surface area contributed by atoms with Crippen LogP contribution in [-0.4, -0.2) is 28.4 Å². The van der Waals surface area contributed by atoms with Crippen LogP contribution in [0.25, 0.3) is 6.08 Å².